The van der Waals surface area contributed by atoms with E-state index in [0.29, 0.717) is 17.0 Å². The molecule has 1 unspecified atom stereocenters. The van der Waals surface area contributed by atoms with Gasteiger partial charge in [0.2, 0.25) is 0 Å². The molecule has 0 spiro atoms. The monoisotopic (exact) mass is 356 g/mol. The van der Waals surface area contributed by atoms with Gasteiger partial charge >= 0.3 is 5.97 Å². The number of ketones is 1. The molecule has 0 fully saturated rings. The molecule has 0 aliphatic carbocycles. The standard InChI is InChI=1S/C20H24N2O4/c1-13-17(12-22(21-13)20(3,4)5)18(23)10-9-15-7-6-8-16(11-15)26-14(2)19(24)25/h6-12,14H,1-5H3,(H,24,25)/b10-9+. The van der Waals surface area contributed by atoms with Crippen LogP contribution in [0.2, 0.25) is 0 Å². The zero-order valence-corrected chi connectivity index (χ0v) is 15.7. The molecule has 2 rings (SSSR count). The van der Waals surface area contributed by atoms with Gasteiger partial charge in [-0.3, -0.25) is 9.48 Å². The number of carboxylic acid groups (broad SMARTS) is 1. The average Bonchev–Trinajstić information content (AvgIpc) is 2.95. The smallest absolute Gasteiger partial charge is 0.344 e. The first-order valence-electron chi connectivity index (χ1n) is 8.36. The van der Waals surface area contributed by atoms with E-state index < -0.39 is 12.1 Å². The number of rotatable bonds is 6. The van der Waals surface area contributed by atoms with Gasteiger partial charge in [-0.05, 0) is 58.4 Å². The maximum Gasteiger partial charge on any atom is 0.344 e. The predicted octanol–water partition coefficient (Wildman–Crippen LogP) is 3.69. The fourth-order valence-electron chi connectivity index (χ4n) is 2.25. The Hall–Kier alpha value is -2.89. The van der Waals surface area contributed by atoms with Crippen molar-refractivity contribution in [1.29, 1.82) is 0 Å². The van der Waals surface area contributed by atoms with Crippen molar-refractivity contribution in [2.45, 2.75) is 46.3 Å². The summed E-state index contributed by atoms with van der Waals surface area (Å²) in [6.45, 7) is 9.34. The van der Waals surface area contributed by atoms with Crippen molar-refractivity contribution in [3.8, 4) is 5.75 Å². The summed E-state index contributed by atoms with van der Waals surface area (Å²) in [5, 5.41) is 13.3. The number of aliphatic carboxylic acids is 1. The Morgan fingerprint density at radius 1 is 1.31 bits per heavy atom. The van der Waals surface area contributed by atoms with Crippen LogP contribution in [-0.2, 0) is 10.3 Å². The van der Waals surface area contributed by atoms with Gasteiger partial charge in [0.1, 0.15) is 5.75 Å². The highest BCUT2D eigenvalue weighted by molar-refractivity contribution is 6.07. The highest BCUT2D eigenvalue weighted by Gasteiger charge is 2.18. The molecule has 1 atom stereocenters. The van der Waals surface area contributed by atoms with E-state index >= 15 is 0 Å². The molecule has 0 saturated carbocycles. The maximum atomic E-state index is 12.5. The minimum absolute atomic E-state index is 0.136. The molecule has 1 heterocycles. The van der Waals surface area contributed by atoms with Gasteiger partial charge in [-0.2, -0.15) is 5.10 Å². The van der Waals surface area contributed by atoms with Crippen LogP contribution in [0.5, 0.6) is 5.75 Å². The Kier molecular flexibility index (Phi) is 5.65. The first-order chi connectivity index (χ1) is 12.1. The highest BCUT2D eigenvalue weighted by Crippen LogP contribution is 2.19. The number of carbonyl (C=O) groups is 2. The van der Waals surface area contributed by atoms with Crippen LogP contribution < -0.4 is 4.74 Å². The fourth-order valence-corrected chi connectivity index (χ4v) is 2.25. The molecule has 0 aliphatic heterocycles. The molecule has 6 heteroatoms. The minimum atomic E-state index is -1.03. The topological polar surface area (TPSA) is 81.4 Å². The van der Waals surface area contributed by atoms with Gasteiger partial charge in [-0.25, -0.2) is 4.79 Å². The fraction of sp³-hybridized carbons (Fsp3) is 0.350. The third-order valence-electron chi connectivity index (χ3n) is 3.80. The Morgan fingerprint density at radius 2 is 2.00 bits per heavy atom. The molecule has 6 nitrogen and oxygen atoms in total. The van der Waals surface area contributed by atoms with Gasteiger partial charge in [0.15, 0.2) is 11.9 Å². The summed E-state index contributed by atoms with van der Waals surface area (Å²) in [7, 11) is 0. The van der Waals surface area contributed by atoms with Crippen molar-refractivity contribution < 1.29 is 19.4 Å². The van der Waals surface area contributed by atoms with Crippen molar-refractivity contribution in [2.24, 2.45) is 0 Å². The number of hydrogen-bond donors (Lipinski definition) is 1. The molecule has 1 aromatic heterocycles. The number of carbonyl (C=O) groups excluding carboxylic acids is 1. The number of aryl methyl sites for hydroxylation is 1. The van der Waals surface area contributed by atoms with Gasteiger partial charge in [-0.1, -0.05) is 18.2 Å². The van der Waals surface area contributed by atoms with Gasteiger partial charge in [-0.15, -0.1) is 0 Å². The summed E-state index contributed by atoms with van der Waals surface area (Å²) in [5.74, 6) is -0.734. The second-order valence-electron chi connectivity index (χ2n) is 7.11. The molecular weight excluding hydrogens is 332 g/mol. The third kappa shape index (κ3) is 4.81. The number of aromatic nitrogens is 2. The van der Waals surface area contributed by atoms with E-state index in [1.165, 1.54) is 13.0 Å². The Balaban J connectivity index is 2.16. The second kappa shape index (κ2) is 7.56. The number of nitrogens with zero attached hydrogens (tertiary/aromatic N) is 2. The first-order valence-corrected chi connectivity index (χ1v) is 8.36. The average molecular weight is 356 g/mol. The van der Waals surface area contributed by atoms with E-state index in [9.17, 15) is 9.59 Å². The van der Waals surface area contributed by atoms with E-state index in [1.807, 2.05) is 33.8 Å². The van der Waals surface area contributed by atoms with Crippen LogP contribution >= 0.6 is 0 Å². The number of carboxylic acids is 1. The molecule has 0 bridgehead atoms. The summed E-state index contributed by atoms with van der Waals surface area (Å²) >= 11 is 0. The lowest BCUT2D eigenvalue weighted by atomic mass is 10.1. The third-order valence-corrected chi connectivity index (χ3v) is 3.80. The minimum Gasteiger partial charge on any atom is -0.479 e. The van der Waals surface area contributed by atoms with Crippen molar-refractivity contribution in [2.75, 3.05) is 0 Å². The van der Waals surface area contributed by atoms with E-state index in [4.69, 9.17) is 9.84 Å². The molecule has 1 aromatic carbocycles. The number of hydrogen-bond acceptors (Lipinski definition) is 4. The first kappa shape index (κ1) is 19.4. The largest absolute Gasteiger partial charge is 0.479 e. The van der Waals surface area contributed by atoms with Crippen molar-refractivity contribution >= 4 is 17.8 Å². The summed E-state index contributed by atoms with van der Waals surface area (Å²) in [6.07, 6.45) is 3.98. The number of ether oxygens (including phenoxy) is 1. The normalized spacial score (nSPS) is 13.0. The Morgan fingerprint density at radius 3 is 2.58 bits per heavy atom. The van der Waals surface area contributed by atoms with Gasteiger partial charge in [0.05, 0.1) is 16.8 Å². The molecule has 26 heavy (non-hydrogen) atoms. The number of allylic oxidation sites excluding steroid dienone is 1. The Labute approximate surface area is 153 Å². The van der Waals surface area contributed by atoms with Gasteiger partial charge in [0, 0.05) is 6.20 Å². The van der Waals surface area contributed by atoms with E-state index in [2.05, 4.69) is 5.10 Å². The molecule has 0 saturated heterocycles. The predicted molar refractivity (Wildman–Crippen MR) is 99.5 cm³/mol. The summed E-state index contributed by atoms with van der Waals surface area (Å²) in [6, 6.07) is 6.93. The van der Waals surface area contributed by atoms with Crippen LogP contribution in [-0.4, -0.2) is 32.7 Å². The van der Waals surface area contributed by atoms with Crippen LogP contribution in [0.4, 0.5) is 0 Å². The van der Waals surface area contributed by atoms with E-state index in [0.717, 1.165) is 5.56 Å². The molecule has 138 valence electrons. The zero-order chi connectivity index (χ0) is 19.5. The molecular formula is C20H24N2O4. The maximum absolute atomic E-state index is 12.5. The van der Waals surface area contributed by atoms with Crippen molar-refractivity contribution in [1.82, 2.24) is 9.78 Å². The van der Waals surface area contributed by atoms with Crippen LogP contribution in [0, 0.1) is 6.92 Å². The zero-order valence-electron chi connectivity index (χ0n) is 15.7. The molecule has 0 amide bonds. The lowest BCUT2D eigenvalue weighted by molar-refractivity contribution is -0.144. The van der Waals surface area contributed by atoms with Crippen molar-refractivity contribution in [3.05, 3.63) is 53.4 Å². The van der Waals surface area contributed by atoms with Gasteiger partial charge < -0.3 is 9.84 Å². The van der Waals surface area contributed by atoms with Crippen LogP contribution in [0.25, 0.3) is 6.08 Å². The second-order valence-corrected chi connectivity index (χ2v) is 7.11. The van der Waals surface area contributed by atoms with Gasteiger partial charge in [0.25, 0.3) is 0 Å². The van der Waals surface area contributed by atoms with Crippen LogP contribution in [0.1, 0.15) is 49.3 Å². The van der Waals surface area contributed by atoms with E-state index in [-0.39, 0.29) is 11.3 Å². The Bertz CT molecular complexity index is 844. The lowest BCUT2D eigenvalue weighted by Crippen LogP contribution is -2.22. The lowest BCUT2D eigenvalue weighted by Gasteiger charge is -2.18. The quantitative estimate of drug-likeness (QED) is 0.630. The number of benzene rings is 1. The summed E-state index contributed by atoms with van der Waals surface area (Å²) in [5.41, 5.74) is 1.79. The summed E-state index contributed by atoms with van der Waals surface area (Å²) < 4.78 is 7.12. The van der Waals surface area contributed by atoms with E-state index in [1.54, 1.807) is 35.2 Å². The van der Waals surface area contributed by atoms with Crippen molar-refractivity contribution in [3.63, 3.8) is 0 Å². The molecule has 2 aromatic rings. The molecule has 1 N–H and O–H groups in total. The summed E-state index contributed by atoms with van der Waals surface area (Å²) in [4.78, 5) is 23.4. The van der Waals surface area contributed by atoms with Crippen LogP contribution in [0.3, 0.4) is 0 Å². The molecule has 0 radical (unpaired) electrons. The molecule has 0 aliphatic rings. The van der Waals surface area contributed by atoms with Crippen LogP contribution in [0.15, 0.2) is 36.5 Å². The SMILES string of the molecule is Cc1nn(C(C)(C)C)cc1C(=O)/C=C/c1cccc(OC(C)C(=O)O)c1. The highest BCUT2D eigenvalue weighted by atomic mass is 16.5.